The fourth-order valence-electron chi connectivity index (χ4n) is 2.06. The molecule has 0 aliphatic rings. The molecule has 0 heterocycles. The van der Waals surface area contributed by atoms with Gasteiger partial charge >= 0.3 is 0 Å². The van der Waals surface area contributed by atoms with Crippen LogP contribution in [-0.4, -0.2) is 39.6 Å². The largest absolute Gasteiger partial charge is 0.368 e. The van der Waals surface area contributed by atoms with E-state index >= 15 is 0 Å². The smallest absolute Gasteiger partial charge is 0.159 e. The maximum Gasteiger partial charge on any atom is 0.159 e. The number of benzene rings is 1. The predicted octanol–water partition coefficient (Wildman–Crippen LogP) is 2.16. The molecule has 19 heavy (non-hydrogen) atoms. The molecule has 0 aromatic heterocycles. The van der Waals surface area contributed by atoms with E-state index in [1.807, 2.05) is 0 Å². The van der Waals surface area contributed by atoms with Gasteiger partial charge in [-0.1, -0.05) is 17.7 Å². The van der Waals surface area contributed by atoms with Crippen LogP contribution >= 0.6 is 0 Å². The molecule has 0 aliphatic heterocycles. The Labute approximate surface area is 116 Å². The van der Waals surface area contributed by atoms with Gasteiger partial charge in [0.25, 0.3) is 0 Å². The lowest BCUT2D eigenvalue weighted by Gasteiger charge is -2.41. The van der Waals surface area contributed by atoms with Crippen LogP contribution < -0.4 is 10.6 Å². The zero-order chi connectivity index (χ0) is 14.5. The first kappa shape index (κ1) is 16.0. The number of methoxy groups -OCH3 is 2. The van der Waals surface area contributed by atoms with Gasteiger partial charge in [0.2, 0.25) is 0 Å². The van der Waals surface area contributed by atoms with Gasteiger partial charge in [-0.3, -0.25) is 0 Å². The van der Waals surface area contributed by atoms with Gasteiger partial charge in [-0.15, -0.1) is 0 Å². The second kappa shape index (κ2) is 6.89. The van der Waals surface area contributed by atoms with E-state index in [1.165, 1.54) is 5.56 Å². The Morgan fingerprint density at radius 3 is 2.16 bits per heavy atom. The summed E-state index contributed by atoms with van der Waals surface area (Å²) in [5.74, 6) is 0. The van der Waals surface area contributed by atoms with Crippen LogP contribution in [-0.2, 0) is 9.47 Å². The van der Waals surface area contributed by atoms with Gasteiger partial charge in [0, 0.05) is 39.9 Å². The van der Waals surface area contributed by atoms with Gasteiger partial charge in [0.15, 0.2) is 6.29 Å². The molecule has 0 radical (unpaired) electrons. The summed E-state index contributed by atoms with van der Waals surface area (Å²) in [6, 6.07) is 8.43. The average molecular weight is 266 g/mol. The molecule has 0 spiro atoms. The van der Waals surface area contributed by atoms with Crippen molar-refractivity contribution in [1.29, 1.82) is 0 Å². The number of likely N-dealkylation sites (N-methyl/N-ethyl adjacent to an activating group) is 1. The van der Waals surface area contributed by atoms with Gasteiger partial charge in [-0.2, -0.15) is 0 Å². The van der Waals surface area contributed by atoms with Crippen LogP contribution in [0.2, 0.25) is 0 Å². The molecule has 0 bridgehead atoms. The highest BCUT2D eigenvalue weighted by molar-refractivity contribution is 5.49. The van der Waals surface area contributed by atoms with E-state index in [4.69, 9.17) is 15.2 Å². The summed E-state index contributed by atoms with van der Waals surface area (Å²) in [5.41, 5.74) is 8.16. The van der Waals surface area contributed by atoms with Crippen LogP contribution in [0, 0.1) is 6.92 Å². The molecule has 0 saturated heterocycles. The third kappa shape index (κ3) is 3.93. The van der Waals surface area contributed by atoms with Crippen molar-refractivity contribution in [3.8, 4) is 0 Å². The van der Waals surface area contributed by atoms with Crippen molar-refractivity contribution in [3.63, 3.8) is 0 Å². The Bertz CT molecular complexity index is 376. The molecular weight excluding hydrogens is 240 g/mol. The number of ether oxygens (including phenoxy) is 2. The highest BCUT2D eigenvalue weighted by Crippen LogP contribution is 2.26. The highest BCUT2D eigenvalue weighted by Gasteiger charge is 2.31. The minimum atomic E-state index is -0.249. The van der Waals surface area contributed by atoms with Crippen LogP contribution in [0.4, 0.5) is 5.69 Å². The van der Waals surface area contributed by atoms with Crippen LogP contribution in [0.3, 0.4) is 0 Å². The lowest BCUT2D eigenvalue weighted by molar-refractivity contribution is -0.115. The topological polar surface area (TPSA) is 47.7 Å². The van der Waals surface area contributed by atoms with Crippen LogP contribution in [0.15, 0.2) is 24.3 Å². The Morgan fingerprint density at radius 2 is 1.74 bits per heavy atom. The van der Waals surface area contributed by atoms with Gasteiger partial charge in [-0.25, -0.2) is 0 Å². The summed E-state index contributed by atoms with van der Waals surface area (Å²) in [4.78, 5) is 2.19. The lowest BCUT2D eigenvalue weighted by atomic mass is 9.94. The van der Waals surface area contributed by atoms with Crippen molar-refractivity contribution in [2.45, 2.75) is 32.1 Å². The Balaban J connectivity index is 2.90. The minimum Gasteiger partial charge on any atom is -0.368 e. The Kier molecular flexibility index (Phi) is 5.79. The van der Waals surface area contributed by atoms with Crippen LogP contribution in [0.5, 0.6) is 0 Å². The first-order chi connectivity index (χ1) is 8.96. The molecule has 1 rings (SSSR count). The quantitative estimate of drug-likeness (QED) is 0.768. The predicted molar refractivity (Wildman–Crippen MR) is 79.5 cm³/mol. The van der Waals surface area contributed by atoms with E-state index in [0.717, 1.165) is 5.69 Å². The summed E-state index contributed by atoms with van der Waals surface area (Å²) in [6.07, 6.45) is 0.461. The SMILES string of the molecule is COC(CC(C)(CN)N(C)c1ccc(C)cc1)OC. The average Bonchev–Trinajstić information content (AvgIpc) is 2.44. The molecule has 1 atom stereocenters. The summed E-state index contributed by atoms with van der Waals surface area (Å²) >= 11 is 0. The van der Waals surface area contributed by atoms with Crippen molar-refractivity contribution >= 4 is 5.69 Å². The molecular formula is C15H26N2O2. The number of nitrogens with zero attached hydrogens (tertiary/aromatic N) is 1. The Hall–Kier alpha value is -1.10. The molecule has 2 N–H and O–H groups in total. The van der Waals surface area contributed by atoms with E-state index < -0.39 is 0 Å². The minimum absolute atomic E-state index is 0.216. The van der Waals surface area contributed by atoms with Crippen LogP contribution in [0.25, 0.3) is 0 Å². The normalized spacial score (nSPS) is 14.5. The van der Waals surface area contributed by atoms with Crippen LogP contribution in [0.1, 0.15) is 18.9 Å². The molecule has 1 aromatic carbocycles. The van der Waals surface area contributed by atoms with Crippen molar-refractivity contribution < 1.29 is 9.47 Å². The zero-order valence-electron chi connectivity index (χ0n) is 12.6. The monoisotopic (exact) mass is 266 g/mol. The molecule has 0 saturated carbocycles. The van der Waals surface area contributed by atoms with Gasteiger partial charge < -0.3 is 20.1 Å². The molecule has 1 aromatic rings. The van der Waals surface area contributed by atoms with E-state index in [9.17, 15) is 0 Å². The van der Waals surface area contributed by atoms with Gasteiger partial charge in [0.1, 0.15) is 0 Å². The number of nitrogens with two attached hydrogens (primary N) is 1. The van der Waals surface area contributed by atoms with E-state index in [-0.39, 0.29) is 11.8 Å². The molecule has 4 heteroatoms. The zero-order valence-corrected chi connectivity index (χ0v) is 12.6. The third-order valence-corrected chi connectivity index (χ3v) is 3.80. The first-order valence-corrected chi connectivity index (χ1v) is 6.53. The summed E-state index contributed by atoms with van der Waals surface area (Å²) in [5, 5.41) is 0. The third-order valence-electron chi connectivity index (χ3n) is 3.80. The number of aryl methyl sites for hydroxylation is 1. The molecule has 0 fully saturated rings. The molecule has 0 aliphatic carbocycles. The molecule has 108 valence electrons. The summed E-state index contributed by atoms with van der Waals surface area (Å²) < 4.78 is 10.6. The molecule has 1 unspecified atom stereocenters. The van der Waals surface area contributed by atoms with E-state index in [0.29, 0.717) is 13.0 Å². The van der Waals surface area contributed by atoms with Crippen molar-refractivity contribution in [2.75, 3.05) is 32.7 Å². The second-order valence-electron chi connectivity index (χ2n) is 5.20. The Morgan fingerprint density at radius 1 is 1.21 bits per heavy atom. The lowest BCUT2D eigenvalue weighted by Crippen LogP contribution is -2.52. The number of hydrogen-bond donors (Lipinski definition) is 1. The standard InChI is InChI=1S/C15H26N2O2/c1-12-6-8-13(9-7-12)17(3)15(2,11-16)10-14(18-4)19-5/h6-9,14H,10-11,16H2,1-5H3. The highest BCUT2D eigenvalue weighted by atomic mass is 16.7. The van der Waals surface area contributed by atoms with Crippen molar-refractivity contribution in [2.24, 2.45) is 5.73 Å². The fraction of sp³-hybridized carbons (Fsp3) is 0.600. The second-order valence-corrected chi connectivity index (χ2v) is 5.20. The maximum atomic E-state index is 5.98. The molecule has 0 amide bonds. The fourth-order valence-corrected chi connectivity index (χ4v) is 2.06. The van der Waals surface area contributed by atoms with E-state index in [2.05, 4.69) is 50.1 Å². The van der Waals surface area contributed by atoms with Crippen molar-refractivity contribution in [3.05, 3.63) is 29.8 Å². The summed E-state index contributed by atoms with van der Waals surface area (Å²) in [6.45, 7) is 4.73. The molecule has 4 nitrogen and oxygen atoms in total. The number of hydrogen-bond acceptors (Lipinski definition) is 4. The maximum absolute atomic E-state index is 5.98. The van der Waals surface area contributed by atoms with Gasteiger partial charge in [-0.05, 0) is 26.0 Å². The number of anilines is 1. The number of rotatable bonds is 7. The van der Waals surface area contributed by atoms with E-state index in [1.54, 1.807) is 14.2 Å². The van der Waals surface area contributed by atoms with Crippen molar-refractivity contribution in [1.82, 2.24) is 0 Å². The first-order valence-electron chi connectivity index (χ1n) is 6.53. The van der Waals surface area contributed by atoms with Gasteiger partial charge in [0.05, 0.1) is 5.54 Å². The summed E-state index contributed by atoms with van der Waals surface area (Å²) in [7, 11) is 5.36.